The number of fused-ring (bicyclic) bond motifs is 4. The summed E-state index contributed by atoms with van der Waals surface area (Å²) in [5.74, 6) is 0.863. The molecule has 0 fully saturated rings. The highest BCUT2D eigenvalue weighted by molar-refractivity contribution is 7.89. The van der Waals surface area contributed by atoms with Gasteiger partial charge < -0.3 is 16.0 Å². The molecule has 1 amide bonds. The molecule has 1 aliphatic heterocycles. The number of hydrogen-bond acceptors (Lipinski definition) is 7. The van der Waals surface area contributed by atoms with Crippen LogP contribution in [0.3, 0.4) is 0 Å². The fraction of sp³-hybridized carbons (Fsp3) is 0.207. The molecule has 0 radical (unpaired) electrons. The lowest BCUT2D eigenvalue weighted by Crippen LogP contribution is -2.34. The fourth-order valence-electron chi connectivity index (χ4n) is 4.25. The number of carbonyl (C=O) groups excluding carboxylic acids is 1. The smallest absolute Gasteiger partial charge is 0.240 e. The Hall–Kier alpha value is -4.28. The molecule has 9 nitrogen and oxygen atoms in total. The van der Waals surface area contributed by atoms with E-state index in [1.807, 2.05) is 68.4 Å². The highest BCUT2D eigenvalue weighted by atomic mass is 32.2. The number of amides is 1. The number of benzene rings is 3. The Morgan fingerprint density at radius 3 is 2.49 bits per heavy atom. The lowest BCUT2D eigenvalue weighted by Gasteiger charge is -2.24. The summed E-state index contributed by atoms with van der Waals surface area (Å²) in [6.45, 7) is 4.60. The van der Waals surface area contributed by atoms with Gasteiger partial charge in [0.2, 0.25) is 21.9 Å². The lowest BCUT2D eigenvalue weighted by atomic mass is 9.83. The Labute approximate surface area is 228 Å². The van der Waals surface area contributed by atoms with E-state index < -0.39 is 15.4 Å². The normalized spacial score (nSPS) is 14.9. The largest absolute Gasteiger partial charge is 0.369 e. The van der Waals surface area contributed by atoms with Gasteiger partial charge in [-0.15, -0.1) is 0 Å². The van der Waals surface area contributed by atoms with Crippen molar-refractivity contribution in [2.45, 2.75) is 30.6 Å². The number of aromatic nitrogens is 2. The SMILES string of the molecule is CC(C)(C(=O)Nc1ccc(-c2cnc3nc2NCCCNS(=O)(=O)c2cccc(c2)N3)cc1)c1ccccc1. The van der Waals surface area contributed by atoms with Gasteiger partial charge in [0, 0.05) is 36.2 Å². The molecule has 4 N–H and O–H groups in total. The molecule has 0 atom stereocenters. The van der Waals surface area contributed by atoms with Crippen molar-refractivity contribution >= 4 is 39.1 Å². The topological polar surface area (TPSA) is 125 Å². The zero-order chi connectivity index (χ0) is 27.5. The predicted molar refractivity (Wildman–Crippen MR) is 154 cm³/mol. The summed E-state index contributed by atoms with van der Waals surface area (Å²) in [5.41, 5.74) is 3.16. The molecule has 4 bridgehead atoms. The second kappa shape index (κ2) is 10.8. The fourth-order valence-corrected chi connectivity index (χ4v) is 5.37. The monoisotopic (exact) mass is 542 g/mol. The third-order valence-electron chi connectivity index (χ3n) is 6.64. The average Bonchev–Trinajstić information content (AvgIpc) is 2.94. The van der Waals surface area contributed by atoms with E-state index in [-0.39, 0.29) is 17.3 Å². The summed E-state index contributed by atoms with van der Waals surface area (Å²) in [7, 11) is -3.61. The molecule has 10 heteroatoms. The summed E-state index contributed by atoms with van der Waals surface area (Å²) < 4.78 is 27.8. The Morgan fingerprint density at radius 2 is 1.72 bits per heavy atom. The maximum Gasteiger partial charge on any atom is 0.240 e. The summed E-state index contributed by atoms with van der Waals surface area (Å²) in [5, 5.41) is 9.43. The second-order valence-electron chi connectivity index (χ2n) is 9.81. The zero-order valence-corrected chi connectivity index (χ0v) is 22.5. The van der Waals surface area contributed by atoms with Crippen LogP contribution in [-0.2, 0) is 20.2 Å². The molecule has 2 heterocycles. The van der Waals surface area contributed by atoms with Gasteiger partial charge in [-0.1, -0.05) is 48.5 Å². The van der Waals surface area contributed by atoms with Crippen LogP contribution in [0.15, 0.2) is 90.0 Å². The summed E-state index contributed by atoms with van der Waals surface area (Å²) >= 11 is 0. The molecule has 4 aromatic rings. The van der Waals surface area contributed by atoms with E-state index in [4.69, 9.17) is 0 Å². The first-order valence-corrected chi connectivity index (χ1v) is 14.2. The molecular formula is C29H30N6O3S. The third-order valence-corrected chi connectivity index (χ3v) is 8.10. The van der Waals surface area contributed by atoms with Gasteiger partial charge in [0.15, 0.2) is 0 Å². The maximum atomic E-state index is 13.1. The molecule has 0 saturated heterocycles. The predicted octanol–water partition coefficient (Wildman–Crippen LogP) is 4.90. The van der Waals surface area contributed by atoms with Crippen LogP contribution in [0.5, 0.6) is 0 Å². The van der Waals surface area contributed by atoms with Gasteiger partial charge in [0.05, 0.1) is 10.3 Å². The molecule has 0 saturated carbocycles. The highest BCUT2D eigenvalue weighted by Crippen LogP contribution is 2.30. The van der Waals surface area contributed by atoms with Gasteiger partial charge in [0.1, 0.15) is 5.82 Å². The molecule has 0 aliphatic carbocycles. The molecule has 1 aliphatic rings. The number of nitrogens with one attached hydrogen (secondary N) is 4. The Morgan fingerprint density at radius 1 is 0.949 bits per heavy atom. The number of sulfonamides is 1. The third kappa shape index (κ3) is 5.92. The van der Waals surface area contributed by atoms with Gasteiger partial charge in [-0.2, -0.15) is 4.98 Å². The zero-order valence-electron chi connectivity index (χ0n) is 21.7. The number of hydrogen-bond donors (Lipinski definition) is 4. The van der Waals surface area contributed by atoms with Gasteiger partial charge in [0.25, 0.3) is 0 Å². The Kier molecular flexibility index (Phi) is 7.32. The minimum Gasteiger partial charge on any atom is -0.369 e. The van der Waals surface area contributed by atoms with Crippen LogP contribution in [0.1, 0.15) is 25.8 Å². The van der Waals surface area contributed by atoms with E-state index in [0.717, 1.165) is 16.7 Å². The van der Waals surface area contributed by atoms with Crippen LogP contribution in [0.25, 0.3) is 11.1 Å². The Balaban J connectivity index is 1.38. The van der Waals surface area contributed by atoms with Gasteiger partial charge in [-0.3, -0.25) is 4.79 Å². The molecular weight excluding hydrogens is 512 g/mol. The van der Waals surface area contributed by atoms with E-state index in [0.29, 0.717) is 36.1 Å². The molecule has 200 valence electrons. The molecule has 39 heavy (non-hydrogen) atoms. The van der Waals surface area contributed by atoms with Crippen LogP contribution >= 0.6 is 0 Å². The van der Waals surface area contributed by atoms with Gasteiger partial charge in [-0.25, -0.2) is 18.1 Å². The van der Waals surface area contributed by atoms with Gasteiger partial charge >= 0.3 is 0 Å². The molecule has 5 rings (SSSR count). The first kappa shape index (κ1) is 26.3. The molecule has 3 aromatic carbocycles. The summed E-state index contributed by atoms with van der Waals surface area (Å²) in [6, 6.07) is 23.8. The number of rotatable bonds is 4. The second-order valence-corrected chi connectivity index (χ2v) is 11.6. The van der Waals surface area contributed by atoms with Crippen LogP contribution in [0.4, 0.5) is 23.1 Å². The van der Waals surface area contributed by atoms with E-state index in [1.54, 1.807) is 30.5 Å². The first-order chi connectivity index (χ1) is 18.7. The van der Waals surface area contributed by atoms with Crippen LogP contribution in [-0.4, -0.2) is 37.4 Å². The number of anilines is 4. The standard InChI is InChI=1S/C29H30N6O3S/c1-29(2,21-8-4-3-5-9-21)27(36)33-22-14-12-20(13-15-22)25-19-31-28-34-23-10-6-11-24(18-23)39(37,38)32-17-7-16-30-26(25)35-28/h3-6,8-15,18-19,32H,7,16-17H2,1-2H3,(H,33,36)(H2,30,31,34,35). The van der Waals surface area contributed by atoms with Crippen molar-refractivity contribution in [2.75, 3.05) is 29.0 Å². The highest BCUT2D eigenvalue weighted by Gasteiger charge is 2.29. The molecule has 1 aromatic heterocycles. The van der Waals surface area contributed by atoms with Crippen molar-refractivity contribution in [3.63, 3.8) is 0 Å². The maximum absolute atomic E-state index is 13.1. The van der Waals surface area contributed by atoms with Crippen molar-refractivity contribution in [3.05, 3.63) is 90.6 Å². The van der Waals surface area contributed by atoms with Crippen molar-refractivity contribution < 1.29 is 13.2 Å². The van der Waals surface area contributed by atoms with E-state index in [9.17, 15) is 13.2 Å². The minimum absolute atomic E-state index is 0.0976. The van der Waals surface area contributed by atoms with E-state index >= 15 is 0 Å². The van der Waals surface area contributed by atoms with Crippen LogP contribution in [0.2, 0.25) is 0 Å². The van der Waals surface area contributed by atoms with E-state index in [1.165, 1.54) is 0 Å². The van der Waals surface area contributed by atoms with Crippen LogP contribution < -0.4 is 20.7 Å². The average molecular weight is 543 g/mol. The molecule has 0 spiro atoms. The Bertz CT molecular complexity index is 1590. The summed E-state index contributed by atoms with van der Waals surface area (Å²) in [4.78, 5) is 22.4. The van der Waals surface area contributed by atoms with Crippen molar-refractivity contribution in [3.8, 4) is 11.1 Å². The number of nitrogens with zero attached hydrogens (tertiary/aromatic N) is 2. The first-order valence-electron chi connectivity index (χ1n) is 12.7. The lowest BCUT2D eigenvalue weighted by molar-refractivity contribution is -0.120. The van der Waals surface area contributed by atoms with Crippen molar-refractivity contribution in [1.29, 1.82) is 0 Å². The summed E-state index contributed by atoms with van der Waals surface area (Å²) in [6.07, 6.45) is 2.29. The van der Waals surface area contributed by atoms with Gasteiger partial charge in [-0.05, 0) is 61.7 Å². The molecule has 0 unspecified atom stereocenters. The number of carbonyl (C=O) groups is 1. The quantitative estimate of drug-likeness (QED) is 0.289. The van der Waals surface area contributed by atoms with Crippen molar-refractivity contribution in [2.24, 2.45) is 0 Å². The minimum atomic E-state index is -3.61. The van der Waals surface area contributed by atoms with Crippen molar-refractivity contribution in [1.82, 2.24) is 14.7 Å². The van der Waals surface area contributed by atoms with E-state index in [2.05, 4.69) is 30.6 Å². The van der Waals surface area contributed by atoms with Crippen LogP contribution in [0, 0.1) is 0 Å².